The minimum atomic E-state index is -0.322. The zero-order valence-electron chi connectivity index (χ0n) is 14.5. The van der Waals surface area contributed by atoms with Gasteiger partial charge >= 0.3 is 0 Å². The number of para-hydroxylation sites is 1. The number of fused-ring (bicyclic) bond motifs is 1. The van der Waals surface area contributed by atoms with Crippen molar-refractivity contribution < 1.29 is 13.6 Å². The molecule has 1 aliphatic rings. The Hall–Kier alpha value is -2.58. The van der Waals surface area contributed by atoms with Gasteiger partial charge in [0.2, 0.25) is 5.91 Å². The molecule has 2 aromatic carbocycles. The van der Waals surface area contributed by atoms with Gasteiger partial charge in [-0.3, -0.25) is 9.69 Å². The summed E-state index contributed by atoms with van der Waals surface area (Å²) in [6.07, 6.45) is 0. The largest absolute Gasteiger partial charge is 0.367 e. The van der Waals surface area contributed by atoms with Gasteiger partial charge in [0.1, 0.15) is 11.6 Å². The van der Waals surface area contributed by atoms with Gasteiger partial charge in [0.25, 0.3) is 0 Å². The highest BCUT2D eigenvalue weighted by molar-refractivity contribution is 7.22. The summed E-state index contributed by atoms with van der Waals surface area (Å²) in [6, 6.07) is 11.1. The van der Waals surface area contributed by atoms with Crippen LogP contribution < -0.4 is 10.2 Å². The molecule has 1 saturated heterocycles. The number of carbonyl (C=O) groups is 1. The molecular weight excluding hydrogens is 370 g/mol. The normalized spacial score (nSPS) is 15.3. The summed E-state index contributed by atoms with van der Waals surface area (Å²) in [5, 5.41) is 3.24. The van der Waals surface area contributed by atoms with Gasteiger partial charge in [0.15, 0.2) is 5.13 Å². The summed E-state index contributed by atoms with van der Waals surface area (Å²) in [4.78, 5) is 20.6. The standard InChI is InChI=1S/C19H18F2N4OS/c20-13-5-6-15-17(11-13)27-19(22-15)23-18(26)12-24-7-9-25(10-8-24)16-4-2-1-3-14(16)21/h1-6,11H,7-10,12H2,(H,22,23,26). The van der Waals surface area contributed by atoms with Crippen molar-refractivity contribution in [2.24, 2.45) is 0 Å². The first-order valence-electron chi connectivity index (χ1n) is 8.66. The van der Waals surface area contributed by atoms with Crippen LogP contribution in [0.3, 0.4) is 0 Å². The summed E-state index contributed by atoms with van der Waals surface area (Å²) in [5.74, 6) is -0.707. The Morgan fingerprint density at radius 1 is 1.11 bits per heavy atom. The van der Waals surface area contributed by atoms with E-state index < -0.39 is 0 Å². The maximum Gasteiger partial charge on any atom is 0.240 e. The molecule has 5 nitrogen and oxygen atoms in total. The van der Waals surface area contributed by atoms with Crippen LogP contribution in [-0.2, 0) is 4.79 Å². The van der Waals surface area contributed by atoms with E-state index in [2.05, 4.69) is 10.3 Å². The summed E-state index contributed by atoms with van der Waals surface area (Å²) < 4.78 is 27.8. The molecule has 0 unspecified atom stereocenters. The Morgan fingerprint density at radius 3 is 2.67 bits per heavy atom. The zero-order chi connectivity index (χ0) is 18.8. The lowest BCUT2D eigenvalue weighted by molar-refractivity contribution is -0.117. The van der Waals surface area contributed by atoms with Gasteiger partial charge in [-0.15, -0.1) is 0 Å². The van der Waals surface area contributed by atoms with E-state index in [0.29, 0.717) is 47.2 Å². The predicted molar refractivity (Wildman–Crippen MR) is 103 cm³/mol. The van der Waals surface area contributed by atoms with Gasteiger partial charge in [0.05, 0.1) is 22.4 Å². The topological polar surface area (TPSA) is 48.5 Å². The van der Waals surface area contributed by atoms with Crippen molar-refractivity contribution in [1.29, 1.82) is 0 Å². The van der Waals surface area contributed by atoms with E-state index in [1.54, 1.807) is 18.2 Å². The van der Waals surface area contributed by atoms with Crippen LogP contribution in [0.15, 0.2) is 42.5 Å². The number of benzene rings is 2. The molecular formula is C19H18F2N4OS. The molecule has 4 rings (SSSR count). The zero-order valence-corrected chi connectivity index (χ0v) is 15.3. The van der Waals surface area contributed by atoms with Crippen LogP contribution in [0.4, 0.5) is 19.6 Å². The van der Waals surface area contributed by atoms with E-state index >= 15 is 0 Å². The molecule has 3 aromatic rings. The number of amides is 1. The molecule has 0 atom stereocenters. The third kappa shape index (κ3) is 4.06. The maximum absolute atomic E-state index is 13.9. The van der Waals surface area contributed by atoms with E-state index in [1.807, 2.05) is 15.9 Å². The Labute approximate surface area is 159 Å². The van der Waals surface area contributed by atoms with Crippen LogP contribution in [0.5, 0.6) is 0 Å². The van der Waals surface area contributed by atoms with Crippen molar-refractivity contribution in [2.75, 3.05) is 42.9 Å². The van der Waals surface area contributed by atoms with Crippen LogP contribution in [0, 0.1) is 11.6 Å². The smallest absolute Gasteiger partial charge is 0.240 e. The van der Waals surface area contributed by atoms with E-state index in [-0.39, 0.29) is 24.1 Å². The van der Waals surface area contributed by atoms with Crippen LogP contribution in [0.25, 0.3) is 10.2 Å². The number of carbonyl (C=O) groups excluding carboxylic acids is 1. The van der Waals surface area contributed by atoms with Gasteiger partial charge < -0.3 is 10.2 Å². The fraction of sp³-hybridized carbons (Fsp3) is 0.263. The van der Waals surface area contributed by atoms with Crippen molar-refractivity contribution >= 4 is 38.3 Å². The highest BCUT2D eigenvalue weighted by atomic mass is 32.1. The second kappa shape index (κ2) is 7.58. The summed E-state index contributed by atoms with van der Waals surface area (Å²) in [6.45, 7) is 2.91. The molecule has 1 aromatic heterocycles. The quantitative estimate of drug-likeness (QED) is 0.745. The molecule has 0 bridgehead atoms. The molecule has 27 heavy (non-hydrogen) atoms. The molecule has 1 fully saturated rings. The molecule has 0 saturated carbocycles. The van der Waals surface area contributed by atoms with Crippen molar-refractivity contribution in [2.45, 2.75) is 0 Å². The average molecular weight is 388 g/mol. The van der Waals surface area contributed by atoms with E-state index in [4.69, 9.17) is 0 Å². The second-order valence-electron chi connectivity index (χ2n) is 6.39. The minimum absolute atomic E-state index is 0.158. The first-order chi connectivity index (χ1) is 13.1. The number of piperazine rings is 1. The lowest BCUT2D eigenvalue weighted by Crippen LogP contribution is -2.48. The molecule has 1 amide bonds. The third-order valence-corrected chi connectivity index (χ3v) is 5.46. The van der Waals surface area contributed by atoms with Gasteiger partial charge in [0, 0.05) is 26.2 Å². The monoisotopic (exact) mass is 388 g/mol. The Morgan fingerprint density at radius 2 is 1.89 bits per heavy atom. The van der Waals surface area contributed by atoms with Crippen molar-refractivity contribution in [1.82, 2.24) is 9.88 Å². The number of rotatable bonds is 4. The number of hydrogen-bond donors (Lipinski definition) is 1. The molecule has 1 aliphatic heterocycles. The predicted octanol–water partition coefficient (Wildman–Crippen LogP) is 3.34. The van der Waals surface area contributed by atoms with Gasteiger partial charge in [-0.1, -0.05) is 23.5 Å². The van der Waals surface area contributed by atoms with Crippen molar-refractivity contribution in [3.8, 4) is 0 Å². The van der Waals surface area contributed by atoms with Gasteiger partial charge in [-0.2, -0.15) is 0 Å². The van der Waals surface area contributed by atoms with E-state index in [0.717, 1.165) is 0 Å². The van der Waals surface area contributed by atoms with Crippen LogP contribution >= 0.6 is 11.3 Å². The number of aromatic nitrogens is 1. The fourth-order valence-corrected chi connectivity index (χ4v) is 4.08. The van der Waals surface area contributed by atoms with Gasteiger partial charge in [-0.25, -0.2) is 13.8 Å². The van der Waals surface area contributed by atoms with Crippen molar-refractivity contribution in [3.05, 3.63) is 54.1 Å². The highest BCUT2D eigenvalue weighted by Gasteiger charge is 2.21. The molecule has 140 valence electrons. The number of nitrogens with zero attached hydrogens (tertiary/aromatic N) is 3. The second-order valence-corrected chi connectivity index (χ2v) is 7.42. The molecule has 0 spiro atoms. The number of hydrogen-bond acceptors (Lipinski definition) is 5. The van der Waals surface area contributed by atoms with E-state index in [1.165, 1.54) is 29.5 Å². The SMILES string of the molecule is O=C(CN1CCN(c2ccccc2F)CC1)Nc1nc2ccc(F)cc2s1. The third-order valence-electron chi connectivity index (χ3n) is 4.53. The lowest BCUT2D eigenvalue weighted by atomic mass is 10.2. The van der Waals surface area contributed by atoms with E-state index in [9.17, 15) is 13.6 Å². The first-order valence-corrected chi connectivity index (χ1v) is 9.48. The van der Waals surface area contributed by atoms with Crippen molar-refractivity contribution in [3.63, 3.8) is 0 Å². The molecule has 0 radical (unpaired) electrons. The molecule has 1 N–H and O–H groups in total. The summed E-state index contributed by atoms with van der Waals surface area (Å²) >= 11 is 1.25. The molecule has 8 heteroatoms. The summed E-state index contributed by atoms with van der Waals surface area (Å²) in [7, 11) is 0. The first kappa shape index (κ1) is 17.8. The highest BCUT2D eigenvalue weighted by Crippen LogP contribution is 2.26. The lowest BCUT2D eigenvalue weighted by Gasteiger charge is -2.35. The Kier molecular flexibility index (Phi) is 5.00. The molecule has 2 heterocycles. The Balaban J connectivity index is 1.32. The van der Waals surface area contributed by atoms with Crippen LogP contribution in [0.2, 0.25) is 0 Å². The maximum atomic E-state index is 13.9. The Bertz CT molecular complexity index is 969. The number of halogens is 2. The number of nitrogens with one attached hydrogen (secondary N) is 1. The summed E-state index contributed by atoms with van der Waals surface area (Å²) in [5.41, 5.74) is 1.26. The number of anilines is 2. The van der Waals surface area contributed by atoms with Crippen LogP contribution in [0.1, 0.15) is 0 Å². The minimum Gasteiger partial charge on any atom is -0.367 e. The molecule has 0 aliphatic carbocycles. The average Bonchev–Trinajstić information content (AvgIpc) is 3.04. The van der Waals surface area contributed by atoms with Crippen LogP contribution in [-0.4, -0.2) is 48.5 Å². The van der Waals surface area contributed by atoms with Gasteiger partial charge in [-0.05, 0) is 30.3 Å². The number of thiazole rings is 1. The fourth-order valence-electron chi connectivity index (χ4n) is 3.17.